The van der Waals surface area contributed by atoms with Crippen molar-refractivity contribution in [3.8, 4) is 0 Å². The summed E-state index contributed by atoms with van der Waals surface area (Å²) in [5.41, 5.74) is 1.56. The van der Waals surface area contributed by atoms with E-state index in [2.05, 4.69) is 9.69 Å². The van der Waals surface area contributed by atoms with E-state index in [0.717, 1.165) is 11.5 Å². The molecule has 1 aromatic carbocycles. The van der Waals surface area contributed by atoms with E-state index in [-0.39, 0.29) is 11.8 Å². The molecule has 2 amide bonds. The van der Waals surface area contributed by atoms with Crippen LogP contribution in [0.5, 0.6) is 0 Å². The van der Waals surface area contributed by atoms with Crippen LogP contribution in [0.15, 0.2) is 24.3 Å². The summed E-state index contributed by atoms with van der Waals surface area (Å²) >= 11 is 6.94. The van der Waals surface area contributed by atoms with Crippen LogP contribution in [0.25, 0.3) is 0 Å². The van der Waals surface area contributed by atoms with E-state index in [4.69, 9.17) is 11.6 Å². The Bertz CT molecular complexity index is 709. The number of benzene rings is 1. The molecule has 0 aliphatic carbocycles. The van der Waals surface area contributed by atoms with Crippen molar-refractivity contribution in [2.24, 2.45) is 0 Å². The van der Waals surface area contributed by atoms with Crippen molar-refractivity contribution in [3.63, 3.8) is 0 Å². The number of anilines is 1. The van der Waals surface area contributed by atoms with Gasteiger partial charge in [-0.2, -0.15) is 4.37 Å². The Morgan fingerprint density at radius 2 is 1.83 bits per heavy atom. The van der Waals surface area contributed by atoms with E-state index in [1.165, 1.54) is 0 Å². The molecule has 1 heterocycles. The molecule has 1 N–H and O–H groups in total. The summed E-state index contributed by atoms with van der Waals surface area (Å²) in [4.78, 5) is 26.6. The Morgan fingerprint density at radius 3 is 2.39 bits per heavy atom. The van der Waals surface area contributed by atoms with E-state index in [9.17, 15) is 9.59 Å². The van der Waals surface area contributed by atoms with Gasteiger partial charge in [0, 0.05) is 23.7 Å². The van der Waals surface area contributed by atoms with Crippen molar-refractivity contribution in [2.75, 3.05) is 18.4 Å². The molecular weight excluding hydrogens is 334 g/mol. The molecule has 0 saturated heterocycles. The molecule has 0 atom stereocenters. The van der Waals surface area contributed by atoms with Gasteiger partial charge in [-0.1, -0.05) is 11.6 Å². The molecule has 0 aliphatic rings. The number of aromatic nitrogens is 1. The summed E-state index contributed by atoms with van der Waals surface area (Å²) in [5.74, 6) is -0.411. The van der Waals surface area contributed by atoms with E-state index in [0.29, 0.717) is 39.9 Å². The highest BCUT2D eigenvalue weighted by atomic mass is 35.5. The van der Waals surface area contributed by atoms with Crippen LogP contribution < -0.4 is 5.32 Å². The Hall–Kier alpha value is -1.92. The van der Waals surface area contributed by atoms with E-state index in [1.54, 1.807) is 36.1 Å². The first-order chi connectivity index (χ1) is 11.0. The van der Waals surface area contributed by atoms with Gasteiger partial charge in [-0.05, 0) is 56.6 Å². The highest BCUT2D eigenvalue weighted by Crippen LogP contribution is 2.26. The number of carbonyl (C=O) groups is 2. The van der Waals surface area contributed by atoms with E-state index in [1.807, 2.05) is 13.8 Å². The van der Waals surface area contributed by atoms with Gasteiger partial charge in [0.15, 0.2) is 0 Å². The van der Waals surface area contributed by atoms with Crippen molar-refractivity contribution in [3.05, 3.63) is 46.1 Å². The Balaban J connectivity index is 2.26. The summed E-state index contributed by atoms with van der Waals surface area (Å²) in [7, 11) is 0. The molecule has 0 aliphatic heterocycles. The summed E-state index contributed by atoms with van der Waals surface area (Å²) in [6, 6.07) is 6.57. The fourth-order valence-corrected chi connectivity index (χ4v) is 3.06. The number of amides is 2. The van der Waals surface area contributed by atoms with Crippen LogP contribution >= 0.6 is 23.1 Å². The molecule has 122 valence electrons. The smallest absolute Gasteiger partial charge is 0.258 e. The lowest BCUT2D eigenvalue weighted by atomic mass is 10.2. The zero-order chi connectivity index (χ0) is 17.0. The zero-order valence-electron chi connectivity index (χ0n) is 13.2. The standard InChI is InChI=1S/C16H18ClN3O2S/c1-4-20(5-2)16(22)13-10(3)19-23-15(13)18-14(21)11-6-8-12(17)9-7-11/h6-9H,4-5H2,1-3H3,(H,18,21). The van der Waals surface area contributed by atoms with Gasteiger partial charge in [-0.15, -0.1) is 0 Å². The molecule has 0 spiro atoms. The monoisotopic (exact) mass is 351 g/mol. The van der Waals surface area contributed by atoms with Crippen LogP contribution in [-0.2, 0) is 0 Å². The number of hydrogen-bond acceptors (Lipinski definition) is 4. The van der Waals surface area contributed by atoms with E-state index < -0.39 is 0 Å². The SMILES string of the molecule is CCN(CC)C(=O)c1c(C)nsc1NC(=O)c1ccc(Cl)cc1. The van der Waals surface area contributed by atoms with Crippen molar-refractivity contribution in [1.29, 1.82) is 0 Å². The van der Waals surface area contributed by atoms with Crippen LogP contribution in [0.3, 0.4) is 0 Å². The lowest BCUT2D eigenvalue weighted by molar-refractivity contribution is 0.0773. The quantitative estimate of drug-likeness (QED) is 0.890. The Morgan fingerprint density at radius 1 is 1.22 bits per heavy atom. The summed E-state index contributed by atoms with van der Waals surface area (Å²) in [5, 5.41) is 3.81. The third-order valence-corrected chi connectivity index (χ3v) is 4.57. The van der Waals surface area contributed by atoms with E-state index >= 15 is 0 Å². The molecule has 5 nitrogen and oxygen atoms in total. The number of aryl methyl sites for hydroxylation is 1. The predicted octanol–water partition coefficient (Wildman–Crippen LogP) is 3.84. The fraction of sp³-hybridized carbons (Fsp3) is 0.312. The topological polar surface area (TPSA) is 62.3 Å². The lowest BCUT2D eigenvalue weighted by Gasteiger charge is -2.19. The number of nitrogens with zero attached hydrogens (tertiary/aromatic N) is 2. The summed E-state index contributed by atoms with van der Waals surface area (Å²) in [6.07, 6.45) is 0. The van der Waals surface area contributed by atoms with Crippen molar-refractivity contribution >= 4 is 39.9 Å². The molecule has 7 heteroatoms. The van der Waals surface area contributed by atoms with Gasteiger partial charge in [0.1, 0.15) is 5.00 Å². The van der Waals surface area contributed by atoms with Crippen LogP contribution in [-0.4, -0.2) is 34.2 Å². The maximum absolute atomic E-state index is 12.6. The lowest BCUT2D eigenvalue weighted by Crippen LogP contribution is -2.31. The minimum atomic E-state index is -0.293. The molecule has 23 heavy (non-hydrogen) atoms. The molecule has 2 aromatic rings. The molecule has 0 unspecified atom stereocenters. The maximum atomic E-state index is 12.6. The van der Waals surface area contributed by atoms with Crippen LogP contribution in [0.2, 0.25) is 5.02 Å². The second kappa shape index (κ2) is 7.57. The van der Waals surface area contributed by atoms with Crippen molar-refractivity contribution < 1.29 is 9.59 Å². The number of hydrogen-bond donors (Lipinski definition) is 1. The minimum absolute atomic E-state index is 0.118. The van der Waals surface area contributed by atoms with Crippen molar-refractivity contribution in [2.45, 2.75) is 20.8 Å². The van der Waals surface area contributed by atoms with Gasteiger partial charge in [0.25, 0.3) is 11.8 Å². The Kier molecular flexibility index (Phi) is 5.74. The molecule has 1 aromatic heterocycles. The first-order valence-corrected chi connectivity index (χ1v) is 8.45. The third kappa shape index (κ3) is 3.89. The van der Waals surface area contributed by atoms with Crippen LogP contribution in [0.1, 0.15) is 40.3 Å². The van der Waals surface area contributed by atoms with Crippen molar-refractivity contribution in [1.82, 2.24) is 9.27 Å². The van der Waals surface area contributed by atoms with Crippen LogP contribution in [0, 0.1) is 6.92 Å². The van der Waals surface area contributed by atoms with Gasteiger partial charge in [0.2, 0.25) is 0 Å². The highest BCUT2D eigenvalue weighted by Gasteiger charge is 2.23. The fourth-order valence-electron chi connectivity index (χ4n) is 2.15. The molecule has 2 rings (SSSR count). The number of nitrogens with one attached hydrogen (secondary N) is 1. The van der Waals surface area contributed by atoms with Crippen LogP contribution in [0.4, 0.5) is 5.00 Å². The summed E-state index contributed by atoms with van der Waals surface area (Å²) < 4.78 is 4.21. The first-order valence-electron chi connectivity index (χ1n) is 7.30. The molecular formula is C16H18ClN3O2S. The molecule has 0 radical (unpaired) electrons. The van der Waals surface area contributed by atoms with Gasteiger partial charge in [-0.25, -0.2) is 0 Å². The number of halogens is 1. The maximum Gasteiger partial charge on any atom is 0.258 e. The zero-order valence-corrected chi connectivity index (χ0v) is 14.8. The Labute approximate surface area is 144 Å². The normalized spacial score (nSPS) is 10.4. The minimum Gasteiger partial charge on any atom is -0.339 e. The largest absolute Gasteiger partial charge is 0.339 e. The summed E-state index contributed by atoms with van der Waals surface area (Å²) in [6.45, 7) is 6.82. The predicted molar refractivity (Wildman–Crippen MR) is 93.5 cm³/mol. The van der Waals surface area contributed by atoms with Gasteiger partial charge < -0.3 is 10.2 Å². The third-order valence-electron chi connectivity index (χ3n) is 3.46. The average molecular weight is 352 g/mol. The molecule has 0 bridgehead atoms. The molecule has 0 fully saturated rings. The van der Waals surface area contributed by atoms with Gasteiger partial charge in [-0.3, -0.25) is 9.59 Å². The number of rotatable bonds is 5. The first kappa shape index (κ1) is 17.4. The number of carbonyl (C=O) groups excluding carboxylic acids is 2. The van der Waals surface area contributed by atoms with Gasteiger partial charge in [0.05, 0.1) is 11.3 Å². The molecule has 0 saturated carbocycles. The highest BCUT2D eigenvalue weighted by molar-refractivity contribution is 7.11. The second-order valence-corrected chi connectivity index (χ2v) is 6.12. The second-order valence-electron chi connectivity index (χ2n) is 4.91. The van der Waals surface area contributed by atoms with Gasteiger partial charge >= 0.3 is 0 Å². The average Bonchev–Trinajstić information content (AvgIpc) is 2.89.